The first kappa shape index (κ1) is 21.4. The minimum absolute atomic E-state index is 0.0544. The van der Waals surface area contributed by atoms with Gasteiger partial charge in [-0.25, -0.2) is 4.79 Å². The molecule has 162 valence electrons. The number of anilines is 2. The monoisotopic (exact) mass is 426 g/mol. The third kappa shape index (κ3) is 4.72. The predicted octanol–water partition coefficient (Wildman–Crippen LogP) is 5.15. The maximum absolute atomic E-state index is 12.8. The minimum Gasteiger partial charge on any atom is -0.461 e. The highest BCUT2D eigenvalue weighted by molar-refractivity contribution is 6.07. The van der Waals surface area contributed by atoms with Crippen LogP contribution in [-0.4, -0.2) is 30.6 Å². The van der Waals surface area contributed by atoms with Crippen LogP contribution in [0.3, 0.4) is 0 Å². The molecule has 0 unspecified atom stereocenters. The van der Waals surface area contributed by atoms with Gasteiger partial charge in [-0.2, -0.15) is 0 Å². The number of nitrogens with one attached hydrogen (secondary N) is 1. The zero-order valence-electron chi connectivity index (χ0n) is 18.2. The summed E-state index contributed by atoms with van der Waals surface area (Å²) in [6.45, 7) is 4.10. The van der Waals surface area contributed by atoms with Crippen LogP contribution in [0.1, 0.15) is 19.4 Å². The van der Waals surface area contributed by atoms with E-state index in [-0.39, 0.29) is 12.5 Å². The van der Waals surface area contributed by atoms with E-state index in [4.69, 9.17) is 4.74 Å². The number of fused-ring (bicyclic) bond motifs is 1. The van der Waals surface area contributed by atoms with Crippen molar-refractivity contribution in [2.24, 2.45) is 0 Å². The molecule has 0 bridgehead atoms. The van der Waals surface area contributed by atoms with E-state index in [9.17, 15) is 9.59 Å². The van der Waals surface area contributed by atoms with Crippen molar-refractivity contribution in [2.45, 2.75) is 19.4 Å². The highest BCUT2D eigenvalue weighted by atomic mass is 16.5. The van der Waals surface area contributed by atoms with Gasteiger partial charge in [0, 0.05) is 6.08 Å². The van der Waals surface area contributed by atoms with Crippen molar-refractivity contribution in [1.82, 2.24) is 0 Å². The van der Waals surface area contributed by atoms with Gasteiger partial charge in [0.05, 0.1) is 17.9 Å². The molecular weight excluding hydrogens is 400 g/mol. The number of ether oxygens (including phenoxy) is 1. The molecule has 0 radical (unpaired) electrons. The van der Waals surface area contributed by atoms with Crippen molar-refractivity contribution in [3.8, 4) is 11.1 Å². The normalized spacial score (nSPS) is 14.7. The van der Waals surface area contributed by atoms with Crippen molar-refractivity contribution in [3.63, 3.8) is 0 Å². The van der Waals surface area contributed by atoms with Gasteiger partial charge in [-0.1, -0.05) is 66.7 Å². The Balaban J connectivity index is 1.33. The SMILES string of the molecule is CC1(C)Nc2ccccc2N(CCOC(=O)/C=C/c2ccc(-c3ccccc3)cc2)C1=O. The molecule has 1 heterocycles. The van der Waals surface area contributed by atoms with E-state index in [2.05, 4.69) is 17.4 Å². The van der Waals surface area contributed by atoms with Crippen LogP contribution in [-0.2, 0) is 14.3 Å². The number of nitrogens with zero attached hydrogens (tertiary/aromatic N) is 1. The molecule has 0 aromatic heterocycles. The highest BCUT2D eigenvalue weighted by Gasteiger charge is 2.38. The highest BCUT2D eigenvalue weighted by Crippen LogP contribution is 2.34. The number of hydrogen-bond donors (Lipinski definition) is 1. The van der Waals surface area contributed by atoms with Gasteiger partial charge >= 0.3 is 5.97 Å². The van der Waals surface area contributed by atoms with Crippen LogP contribution in [0.25, 0.3) is 17.2 Å². The van der Waals surface area contributed by atoms with Crippen LogP contribution in [0.5, 0.6) is 0 Å². The largest absolute Gasteiger partial charge is 0.461 e. The van der Waals surface area contributed by atoms with Crippen molar-refractivity contribution in [3.05, 3.63) is 90.5 Å². The Labute approximate surface area is 188 Å². The molecule has 0 spiro atoms. The fraction of sp³-hybridized carbons (Fsp3) is 0.185. The Morgan fingerprint density at radius 3 is 2.34 bits per heavy atom. The summed E-state index contributed by atoms with van der Waals surface area (Å²) in [6, 6.07) is 25.7. The summed E-state index contributed by atoms with van der Waals surface area (Å²) in [7, 11) is 0. The van der Waals surface area contributed by atoms with E-state index < -0.39 is 11.5 Å². The molecule has 5 heteroatoms. The molecule has 5 nitrogen and oxygen atoms in total. The Morgan fingerprint density at radius 1 is 0.938 bits per heavy atom. The van der Waals surface area contributed by atoms with Gasteiger partial charge in [-0.05, 0) is 48.7 Å². The van der Waals surface area contributed by atoms with Gasteiger partial charge in [0.25, 0.3) is 5.91 Å². The lowest BCUT2D eigenvalue weighted by Crippen LogP contribution is -2.54. The third-order valence-corrected chi connectivity index (χ3v) is 5.41. The van der Waals surface area contributed by atoms with E-state index in [0.717, 1.165) is 28.1 Å². The molecule has 0 aliphatic carbocycles. The van der Waals surface area contributed by atoms with E-state index in [0.29, 0.717) is 6.54 Å². The van der Waals surface area contributed by atoms with Gasteiger partial charge in [-0.3, -0.25) is 4.79 Å². The molecule has 1 N–H and O–H groups in total. The van der Waals surface area contributed by atoms with Crippen LogP contribution in [0.4, 0.5) is 11.4 Å². The lowest BCUT2D eigenvalue weighted by Gasteiger charge is -2.39. The molecule has 1 aliphatic heterocycles. The number of esters is 1. The maximum atomic E-state index is 12.8. The van der Waals surface area contributed by atoms with Crippen molar-refractivity contribution in [1.29, 1.82) is 0 Å². The number of amides is 1. The summed E-state index contributed by atoms with van der Waals surface area (Å²) in [6.07, 6.45) is 3.14. The molecule has 1 aliphatic rings. The fourth-order valence-corrected chi connectivity index (χ4v) is 3.74. The summed E-state index contributed by atoms with van der Waals surface area (Å²) in [5.41, 5.74) is 4.15. The Kier molecular flexibility index (Phi) is 6.08. The fourth-order valence-electron chi connectivity index (χ4n) is 3.74. The second-order valence-electron chi connectivity index (χ2n) is 8.21. The first-order chi connectivity index (χ1) is 15.4. The molecule has 0 saturated carbocycles. The van der Waals surface area contributed by atoms with Gasteiger partial charge in [0.15, 0.2) is 0 Å². The number of hydrogen-bond acceptors (Lipinski definition) is 4. The van der Waals surface area contributed by atoms with Crippen molar-refractivity contribution < 1.29 is 14.3 Å². The number of para-hydroxylation sites is 2. The number of carbonyl (C=O) groups excluding carboxylic acids is 2. The molecule has 1 amide bonds. The molecule has 0 fully saturated rings. The van der Waals surface area contributed by atoms with Gasteiger partial charge in [0.2, 0.25) is 0 Å². The molecule has 4 rings (SSSR count). The van der Waals surface area contributed by atoms with E-state index >= 15 is 0 Å². The second kappa shape index (κ2) is 9.10. The summed E-state index contributed by atoms with van der Waals surface area (Å²) >= 11 is 0. The lowest BCUT2D eigenvalue weighted by atomic mass is 9.98. The smallest absolute Gasteiger partial charge is 0.330 e. The Hall–Kier alpha value is -3.86. The maximum Gasteiger partial charge on any atom is 0.330 e. The van der Waals surface area contributed by atoms with Crippen molar-refractivity contribution in [2.75, 3.05) is 23.4 Å². The average molecular weight is 427 g/mol. The van der Waals surface area contributed by atoms with Crippen LogP contribution in [0.15, 0.2) is 84.9 Å². The molecular formula is C27H26N2O3. The van der Waals surface area contributed by atoms with Crippen molar-refractivity contribution >= 4 is 29.3 Å². The van der Waals surface area contributed by atoms with E-state index in [1.165, 1.54) is 6.08 Å². The molecule has 3 aromatic carbocycles. The van der Waals surface area contributed by atoms with Crippen LogP contribution < -0.4 is 10.2 Å². The second-order valence-corrected chi connectivity index (χ2v) is 8.21. The Bertz CT molecular complexity index is 1140. The zero-order valence-corrected chi connectivity index (χ0v) is 18.2. The first-order valence-corrected chi connectivity index (χ1v) is 10.6. The predicted molar refractivity (Wildman–Crippen MR) is 128 cm³/mol. The van der Waals surface area contributed by atoms with E-state index in [1.54, 1.807) is 11.0 Å². The quantitative estimate of drug-likeness (QED) is 0.438. The lowest BCUT2D eigenvalue weighted by molar-refractivity contribution is -0.137. The van der Waals surface area contributed by atoms with Gasteiger partial charge < -0.3 is 15.0 Å². The van der Waals surface area contributed by atoms with Crippen LogP contribution in [0.2, 0.25) is 0 Å². The summed E-state index contributed by atoms with van der Waals surface area (Å²) in [5.74, 6) is -0.492. The van der Waals surface area contributed by atoms with Gasteiger partial charge in [0.1, 0.15) is 12.1 Å². The third-order valence-electron chi connectivity index (χ3n) is 5.41. The van der Waals surface area contributed by atoms with Crippen LogP contribution >= 0.6 is 0 Å². The first-order valence-electron chi connectivity index (χ1n) is 10.6. The number of carbonyl (C=O) groups is 2. The molecule has 0 saturated heterocycles. The molecule has 32 heavy (non-hydrogen) atoms. The number of rotatable bonds is 6. The minimum atomic E-state index is -0.718. The topological polar surface area (TPSA) is 58.6 Å². The average Bonchev–Trinajstić information content (AvgIpc) is 2.81. The standard InChI is InChI=1S/C27H26N2O3/c1-27(2)26(31)29(24-11-7-6-10-23(24)28-27)18-19-32-25(30)17-14-20-12-15-22(16-13-20)21-8-4-3-5-9-21/h3-17,28H,18-19H2,1-2H3/b17-14+. The molecule has 3 aromatic rings. The molecule has 0 atom stereocenters. The van der Waals surface area contributed by atoms with Crippen LogP contribution in [0, 0.1) is 0 Å². The summed E-state index contributed by atoms with van der Waals surface area (Å²) in [4.78, 5) is 26.7. The number of benzene rings is 3. The van der Waals surface area contributed by atoms with Gasteiger partial charge in [-0.15, -0.1) is 0 Å². The Morgan fingerprint density at radius 2 is 1.59 bits per heavy atom. The summed E-state index contributed by atoms with van der Waals surface area (Å²) < 4.78 is 5.35. The zero-order chi connectivity index (χ0) is 22.6. The summed E-state index contributed by atoms with van der Waals surface area (Å²) in [5, 5.41) is 3.26. The van der Waals surface area contributed by atoms with E-state index in [1.807, 2.05) is 80.6 Å².